The molecular weight excluding hydrogens is 323 g/mol. The first kappa shape index (κ1) is 19.5. The lowest BCUT2D eigenvalue weighted by Crippen LogP contribution is -2.34. The van der Waals surface area contributed by atoms with Crippen LogP contribution in [0.5, 0.6) is 5.75 Å². The Labute approximate surface area is 149 Å². The largest absolute Gasteiger partial charge is 0.495 e. The summed E-state index contributed by atoms with van der Waals surface area (Å²) in [6.07, 6.45) is 1.50. The van der Waals surface area contributed by atoms with Crippen molar-refractivity contribution >= 4 is 11.8 Å². The molecule has 0 aromatic heterocycles. The Morgan fingerprint density at radius 1 is 1.32 bits per heavy atom. The third-order valence-corrected chi connectivity index (χ3v) is 4.32. The Bertz CT molecular complexity index is 579. The number of amides is 1. The minimum atomic E-state index is -0.551. The molecule has 2 rings (SSSR count). The van der Waals surface area contributed by atoms with E-state index in [2.05, 4.69) is 10.2 Å². The lowest BCUT2D eigenvalue weighted by molar-refractivity contribution is 0.0635. The van der Waals surface area contributed by atoms with Gasteiger partial charge in [-0.3, -0.25) is 5.32 Å². The standard InChI is InChI=1S/C19H29FN2O3/c1-19(2,3)25-18(23)21-16-6-5-15(13-17(16)24-4)14-7-10-22(11-8-14)12-9-20/h5-6,13-14H,7-12H2,1-4H3,(H,21,23). The van der Waals surface area contributed by atoms with Crippen LogP contribution in [0.15, 0.2) is 18.2 Å². The highest BCUT2D eigenvalue weighted by Gasteiger charge is 2.22. The predicted molar refractivity (Wildman–Crippen MR) is 97.2 cm³/mol. The van der Waals surface area contributed by atoms with Gasteiger partial charge < -0.3 is 14.4 Å². The lowest BCUT2D eigenvalue weighted by atomic mass is 9.89. The summed E-state index contributed by atoms with van der Waals surface area (Å²) in [5.74, 6) is 1.05. The number of piperidine rings is 1. The monoisotopic (exact) mass is 352 g/mol. The predicted octanol–water partition coefficient (Wildman–Crippen LogP) is 4.19. The fraction of sp³-hybridized carbons (Fsp3) is 0.632. The number of alkyl halides is 1. The molecule has 5 nitrogen and oxygen atoms in total. The van der Waals surface area contributed by atoms with Gasteiger partial charge in [-0.25, -0.2) is 9.18 Å². The number of benzene rings is 1. The van der Waals surface area contributed by atoms with Gasteiger partial charge in [-0.2, -0.15) is 0 Å². The average Bonchev–Trinajstić information content (AvgIpc) is 2.54. The second-order valence-electron chi connectivity index (χ2n) is 7.39. The highest BCUT2D eigenvalue weighted by atomic mass is 19.1. The van der Waals surface area contributed by atoms with Crippen molar-refractivity contribution in [3.05, 3.63) is 23.8 Å². The van der Waals surface area contributed by atoms with E-state index in [0.29, 0.717) is 23.9 Å². The van der Waals surface area contributed by atoms with E-state index < -0.39 is 11.7 Å². The highest BCUT2D eigenvalue weighted by molar-refractivity contribution is 5.87. The second kappa shape index (κ2) is 8.52. The van der Waals surface area contributed by atoms with Gasteiger partial charge in [0, 0.05) is 6.54 Å². The van der Waals surface area contributed by atoms with Gasteiger partial charge in [-0.05, 0) is 70.3 Å². The Morgan fingerprint density at radius 3 is 2.56 bits per heavy atom. The molecule has 1 amide bonds. The molecule has 140 valence electrons. The number of anilines is 1. The number of rotatable bonds is 5. The number of methoxy groups -OCH3 is 1. The second-order valence-corrected chi connectivity index (χ2v) is 7.39. The Balaban J connectivity index is 2.03. The third-order valence-electron chi connectivity index (χ3n) is 4.32. The first-order chi connectivity index (χ1) is 11.8. The summed E-state index contributed by atoms with van der Waals surface area (Å²) in [5.41, 5.74) is 1.23. The van der Waals surface area contributed by atoms with Crippen LogP contribution in [-0.4, -0.2) is 50.0 Å². The summed E-state index contributed by atoms with van der Waals surface area (Å²) in [6, 6.07) is 5.85. The molecule has 1 saturated heterocycles. The van der Waals surface area contributed by atoms with E-state index in [1.54, 1.807) is 7.11 Å². The number of likely N-dealkylation sites (tertiary alicyclic amines) is 1. The van der Waals surface area contributed by atoms with Crippen LogP contribution in [0.25, 0.3) is 0 Å². The van der Waals surface area contributed by atoms with Gasteiger partial charge in [-0.1, -0.05) is 6.07 Å². The number of nitrogens with one attached hydrogen (secondary N) is 1. The minimum absolute atomic E-state index is 0.288. The molecule has 1 aliphatic rings. The van der Waals surface area contributed by atoms with Crippen LogP contribution in [0.4, 0.5) is 14.9 Å². The summed E-state index contributed by atoms with van der Waals surface area (Å²) in [4.78, 5) is 14.1. The topological polar surface area (TPSA) is 50.8 Å². The van der Waals surface area contributed by atoms with Crippen molar-refractivity contribution < 1.29 is 18.7 Å². The minimum Gasteiger partial charge on any atom is -0.495 e. The van der Waals surface area contributed by atoms with Crippen molar-refractivity contribution in [3.8, 4) is 5.75 Å². The normalized spacial score (nSPS) is 16.5. The molecule has 0 unspecified atom stereocenters. The highest BCUT2D eigenvalue weighted by Crippen LogP contribution is 2.34. The molecule has 0 spiro atoms. The van der Waals surface area contributed by atoms with Crippen molar-refractivity contribution in [3.63, 3.8) is 0 Å². The molecule has 1 aromatic rings. The molecule has 1 heterocycles. The quantitative estimate of drug-likeness (QED) is 0.863. The maximum atomic E-state index is 12.4. The zero-order chi connectivity index (χ0) is 18.4. The zero-order valence-electron chi connectivity index (χ0n) is 15.6. The third kappa shape index (κ3) is 5.88. The fourth-order valence-electron chi connectivity index (χ4n) is 3.09. The SMILES string of the molecule is COc1cc(C2CCN(CCF)CC2)ccc1NC(=O)OC(C)(C)C. The van der Waals surface area contributed by atoms with Gasteiger partial charge in [-0.15, -0.1) is 0 Å². The molecule has 0 radical (unpaired) electrons. The van der Waals surface area contributed by atoms with Crippen LogP contribution >= 0.6 is 0 Å². The average molecular weight is 352 g/mol. The van der Waals surface area contributed by atoms with Crippen molar-refractivity contribution in [2.75, 3.05) is 38.7 Å². The van der Waals surface area contributed by atoms with E-state index >= 15 is 0 Å². The molecule has 1 fully saturated rings. The smallest absolute Gasteiger partial charge is 0.412 e. The fourth-order valence-corrected chi connectivity index (χ4v) is 3.09. The van der Waals surface area contributed by atoms with E-state index in [4.69, 9.17) is 9.47 Å². The lowest BCUT2D eigenvalue weighted by Gasteiger charge is -2.31. The van der Waals surface area contributed by atoms with Crippen molar-refractivity contribution in [2.45, 2.75) is 45.1 Å². The summed E-state index contributed by atoms with van der Waals surface area (Å²) >= 11 is 0. The van der Waals surface area contributed by atoms with E-state index in [1.807, 2.05) is 39.0 Å². The first-order valence-electron chi connectivity index (χ1n) is 8.78. The number of nitrogens with zero attached hydrogens (tertiary/aromatic N) is 1. The summed E-state index contributed by atoms with van der Waals surface area (Å²) in [5, 5.41) is 2.74. The summed E-state index contributed by atoms with van der Waals surface area (Å²) in [6.45, 7) is 7.52. The van der Waals surface area contributed by atoms with Gasteiger partial charge in [0.15, 0.2) is 0 Å². The number of ether oxygens (including phenoxy) is 2. The van der Waals surface area contributed by atoms with Crippen LogP contribution in [0.3, 0.4) is 0 Å². The number of carbonyl (C=O) groups excluding carboxylic acids is 1. The molecule has 1 aliphatic heterocycles. The van der Waals surface area contributed by atoms with Gasteiger partial charge in [0.25, 0.3) is 0 Å². The van der Waals surface area contributed by atoms with Crippen LogP contribution in [0.1, 0.15) is 45.1 Å². The Kier molecular flexibility index (Phi) is 6.64. The van der Waals surface area contributed by atoms with E-state index in [0.717, 1.165) is 25.9 Å². The van der Waals surface area contributed by atoms with Crippen LogP contribution in [0.2, 0.25) is 0 Å². The maximum Gasteiger partial charge on any atom is 0.412 e. The zero-order valence-corrected chi connectivity index (χ0v) is 15.6. The molecule has 1 aromatic carbocycles. The molecule has 0 saturated carbocycles. The van der Waals surface area contributed by atoms with Gasteiger partial charge in [0.2, 0.25) is 0 Å². The summed E-state index contributed by atoms with van der Waals surface area (Å²) in [7, 11) is 1.59. The molecule has 0 aliphatic carbocycles. The first-order valence-corrected chi connectivity index (χ1v) is 8.78. The number of hydrogen-bond donors (Lipinski definition) is 1. The van der Waals surface area contributed by atoms with Crippen LogP contribution in [-0.2, 0) is 4.74 Å². The van der Waals surface area contributed by atoms with E-state index in [9.17, 15) is 9.18 Å². The molecule has 1 N–H and O–H groups in total. The number of carbonyl (C=O) groups is 1. The van der Waals surface area contributed by atoms with Crippen LogP contribution in [0, 0.1) is 0 Å². The number of halogens is 1. The number of hydrogen-bond acceptors (Lipinski definition) is 4. The van der Waals surface area contributed by atoms with Crippen molar-refractivity contribution in [2.24, 2.45) is 0 Å². The Hall–Kier alpha value is -1.82. The molecular formula is C19H29FN2O3. The van der Waals surface area contributed by atoms with Gasteiger partial charge in [0.1, 0.15) is 18.0 Å². The van der Waals surface area contributed by atoms with E-state index in [1.165, 1.54) is 5.56 Å². The van der Waals surface area contributed by atoms with Gasteiger partial charge >= 0.3 is 6.09 Å². The van der Waals surface area contributed by atoms with E-state index in [-0.39, 0.29) is 6.67 Å². The molecule has 0 atom stereocenters. The molecule has 0 bridgehead atoms. The van der Waals surface area contributed by atoms with Crippen LogP contribution < -0.4 is 10.1 Å². The Morgan fingerprint density at radius 2 is 2.00 bits per heavy atom. The maximum absolute atomic E-state index is 12.4. The van der Waals surface area contributed by atoms with Gasteiger partial charge in [0.05, 0.1) is 12.8 Å². The van der Waals surface area contributed by atoms with Crippen molar-refractivity contribution in [1.29, 1.82) is 0 Å². The molecule has 6 heteroatoms. The summed E-state index contributed by atoms with van der Waals surface area (Å²) < 4.78 is 23.2. The van der Waals surface area contributed by atoms with Crippen molar-refractivity contribution in [1.82, 2.24) is 4.90 Å². The molecule has 25 heavy (non-hydrogen) atoms.